The van der Waals surface area contributed by atoms with Gasteiger partial charge in [0.1, 0.15) is 0 Å². The first-order valence-corrected chi connectivity index (χ1v) is 6.28. The summed E-state index contributed by atoms with van der Waals surface area (Å²) in [7, 11) is 0. The summed E-state index contributed by atoms with van der Waals surface area (Å²) < 4.78 is 1.92. The summed E-state index contributed by atoms with van der Waals surface area (Å²) in [5.41, 5.74) is 0.863. The second kappa shape index (κ2) is 6.83. The number of halogens is 1. The van der Waals surface area contributed by atoms with Crippen LogP contribution in [0.1, 0.15) is 45.2 Å². The standard InChI is InChI=1S/C11H20ClN3/c1-3-5-6-10(4-2)8-15-9-11(7-12)13-14-15/h9-10H,3-8H2,1-2H3. The zero-order valence-corrected chi connectivity index (χ0v) is 10.4. The van der Waals surface area contributed by atoms with Crippen LogP contribution < -0.4 is 0 Å². The van der Waals surface area contributed by atoms with E-state index in [4.69, 9.17) is 11.6 Å². The predicted molar refractivity (Wildman–Crippen MR) is 62.9 cm³/mol. The summed E-state index contributed by atoms with van der Waals surface area (Å²) in [6.07, 6.45) is 7.00. The quantitative estimate of drug-likeness (QED) is 0.672. The molecule has 0 saturated carbocycles. The number of alkyl halides is 1. The average Bonchev–Trinajstić information content (AvgIpc) is 2.71. The summed E-state index contributed by atoms with van der Waals surface area (Å²) >= 11 is 5.68. The molecule has 0 aliphatic carbocycles. The van der Waals surface area contributed by atoms with Crippen LogP contribution in [0.25, 0.3) is 0 Å². The van der Waals surface area contributed by atoms with Crippen LogP contribution in [0.5, 0.6) is 0 Å². The highest BCUT2D eigenvalue weighted by molar-refractivity contribution is 6.16. The Morgan fingerprint density at radius 3 is 2.80 bits per heavy atom. The van der Waals surface area contributed by atoms with Crippen molar-refractivity contribution in [3.63, 3.8) is 0 Å². The fourth-order valence-electron chi connectivity index (χ4n) is 1.67. The molecule has 0 aliphatic heterocycles. The van der Waals surface area contributed by atoms with Crippen molar-refractivity contribution in [1.82, 2.24) is 15.0 Å². The van der Waals surface area contributed by atoms with Gasteiger partial charge in [0.2, 0.25) is 0 Å². The smallest absolute Gasteiger partial charge is 0.0974 e. The maximum absolute atomic E-state index is 5.68. The molecule has 1 aromatic rings. The summed E-state index contributed by atoms with van der Waals surface area (Å²) in [5.74, 6) is 1.17. The Hall–Kier alpha value is -0.570. The van der Waals surface area contributed by atoms with Gasteiger partial charge in [-0.1, -0.05) is 38.3 Å². The molecule has 86 valence electrons. The molecule has 0 bridgehead atoms. The molecule has 0 saturated heterocycles. The highest BCUT2D eigenvalue weighted by Gasteiger charge is 2.08. The fourth-order valence-corrected chi connectivity index (χ4v) is 1.79. The van der Waals surface area contributed by atoms with Crippen LogP contribution >= 0.6 is 11.6 Å². The van der Waals surface area contributed by atoms with Crippen LogP contribution in [-0.2, 0) is 12.4 Å². The Morgan fingerprint density at radius 2 is 2.27 bits per heavy atom. The lowest BCUT2D eigenvalue weighted by Gasteiger charge is -2.13. The maximum atomic E-state index is 5.68. The van der Waals surface area contributed by atoms with Crippen molar-refractivity contribution < 1.29 is 0 Å². The van der Waals surface area contributed by atoms with Crippen molar-refractivity contribution in [1.29, 1.82) is 0 Å². The van der Waals surface area contributed by atoms with E-state index in [1.807, 2.05) is 10.9 Å². The third-order valence-corrected chi connectivity index (χ3v) is 2.99. The molecule has 1 aromatic heterocycles. The molecule has 4 heteroatoms. The lowest BCUT2D eigenvalue weighted by Crippen LogP contribution is -2.10. The van der Waals surface area contributed by atoms with Gasteiger partial charge in [0, 0.05) is 12.7 Å². The van der Waals surface area contributed by atoms with E-state index in [0.717, 1.165) is 18.2 Å². The number of hydrogen-bond acceptors (Lipinski definition) is 2. The number of hydrogen-bond donors (Lipinski definition) is 0. The number of aromatic nitrogens is 3. The largest absolute Gasteiger partial charge is 0.252 e. The van der Waals surface area contributed by atoms with Gasteiger partial charge in [0.05, 0.1) is 11.6 Å². The third kappa shape index (κ3) is 4.20. The van der Waals surface area contributed by atoms with E-state index >= 15 is 0 Å². The molecule has 1 rings (SSSR count). The Balaban J connectivity index is 2.43. The predicted octanol–water partition coefficient (Wildman–Crippen LogP) is 3.23. The van der Waals surface area contributed by atoms with Crippen LogP contribution in [0.4, 0.5) is 0 Å². The molecule has 0 aromatic carbocycles. The van der Waals surface area contributed by atoms with Crippen LogP contribution in [-0.4, -0.2) is 15.0 Å². The minimum Gasteiger partial charge on any atom is -0.252 e. The maximum Gasteiger partial charge on any atom is 0.0974 e. The second-order valence-corrected chi connectivity index (χ2v) is 4.25. The van der Waals surface area contributed by atoms with Gasteiger partial charge in [0.25, 0.3) is 0 Å². The Morgan fingerprint density at radius 1 is 1.47 bits per heavy atom. The zero-order chi connectivity index (χ0) is 11.1. The minimum absolute atomic E-state index is 0.450. The van der Waals surface area contributed by atoms with Crippen molar-refractivity contribution in [3.8, 4) is 0 Å². The number of rotatable bonds is 7. The first-order valence-electron chi connectivity index (χ1n) is 5.75. The lowest BCUT2D eigenvalue weighted by molar-refractivity contribution is 0.368. The molecule has 0 fully saturated rings. The molecule has 0 spiro atoms. The molecule has 3 nitrogen and oxygen atoms in total. The molecular weight excluding hydrogens is 210 g/mol. The van der Waals surface area contributed by atoms with E-state index < -0.39 is 0 Å². The van der Waals surface area contributed by atoms with Gasteiger partial charge in [-0.3, -0.25) is 4.68 Å². The van der Waals surface area contributed by atoms with Crippen molar-refractivity contribution in [2.24, 2.45) is 5.92 Å². The van der Waals surface area contributed by atoms with Crippen LogP contribution in [0.15, 0.2) is 6.20 Å². The molecule has 0 N–H and O–H groups in total. The Bertz CT molecular complexity index is 273. The lowest BCUT2D eigenvalue weighted by atomic mass is 9.99. The first kappa shape index (κ1) is 12.5. The summed E-state index contributed by atoms with van der Waals surface area (Å²) in [6, 6.07) is 0. The van der Waals surface area contributed by atoms with E-state index in [0.29, 0.717) is 5.88 Å². The number of nitrogens with zero attached hydrogens (tertiary/aromatic N) is 3. The molecule has 15 heavy (non-hydrogen) atoms. The normalized spacial score (nSPS) is 13.0. The summed E-state index contributed by atoms with van der Waals surface area (Å²) in [6.45, 7) is 5.44. The van der Waals surface area contributed by atoms with Crippen molar-refractivity contribution in [2.75, 3.05) is 0 Å². The van der Waals surface area contributed by atoms with Crippen LogP contribution in [0.2, 0.25) is 0 Å². The van der Waals surface area contributed by atoms with Crippen molar-refractivity contribution in [3.05, 3.63) is 11.9 Å². The van der Waals surface area contributed by atoms with E-state index in [2.05, 4.69) is 24.2 Å². The Kier molecular flexibility index (Phi) is 5.69. The van der Waals surface area contributed by atoms with Crippen LogP contribution in [0.3, 0.4) is 0 Å². The molecule has 0 radical (unpaired) electrons. The van der Waals surface area contributed by atoms with E-state index in [1.165, 1.54) is 25.7 Å². The van der Waals surface area contributed by atoms with Gasteiger partial charge >= 0.3 is 0 Å². The van der Waals surface area contributed by atoms with E-state index in [1.54, 1.807) is 0 Å². The van der Waals surface area contributed by atoms with Gasteiger partial charge < -0.3 is 0 Å². The molecule has 0 aliphatic rings. The molecule has 1 heterocycles. The van der Waals surface area contributed by atoms with Gasteiger partial charge in [-0.25, -0.2) is 0 Å². The fraction of sp³-hybridized carbons (Fsp3) is 0.818. The van der Waals surface area contributed by atoms with Gasteiger partial charge in [-0.05, 0) is 12.3 Å². The molecule has 1 unspecified atom stereocenters. The molecule has 1 atom stereocenters. The van der Waals surface area contributed by atoms with E-state index in [9.17, 15) is 0 Å². The monoisotopic (exact) mass is 229 g/mol. The van der Waals surface area contributed by atoms with Crippen molar-refractivity contribution in [2.45, 2.75) is 52.0 Å². The highest BCUT2D eigenvalue weighted by atomic mass is 35.5. The third-order valence-electron chi connectivity index (χ3n) is 2.71. The average molecular weight is 230 g/mol. The SMILES string of the molecule is CCCCC(CC)Cn1cc(CCl)nn1. The number of unbranched alkanes of at least 4 members (excludes halogenated alkanes) is 1. The van der Waals surface area contributed by atoms with Crippen molar-refractivity contribution >= 4 is 11.6 Å². The van der Waals surface area contributed by atoms with Crippen LogP contribution in [0, 0.1) is 5.92 Å². The molecule has 0 amide bonds. The highest BCUT2D eigenvalue weighted by Crippen LogP contribution is 2.14. The topological polar surface area (TPSA) is 30.7 Å². The minimum atomic E-state index is 0.450. The zero-order valence-electron chi connectivity index (χ0n) is 9.62. The first-order chi connectivity index (χ1) is 7.30. The Labute approximate surface area is 96.8 Å². The molecular formula is C11H20ClN3. The van der Waals surface area contributed by atoms with Gasteiger partial charge in [-0.2, -0.15) is 0 Å². The van der Waals surface area contributed by atoms with E-state index in [-0.39, 0.29) is 0 Å². The van der Waals surface area contributed by atoms with Gasteiger partial charge in [-0.15, -0.1) is 16.7 Å². The second-order valence-electron chi connectivity index (χ2n) is 3.98. The summed E-state index contributed by atoms with van der Waals surface area (Å²) in [5, 5.41) is 8.05. The summed E-state index contributed by atoms with van der Waals surface area (Å²) in [4.78, 5) is 0. The van der Waals surface area contributed by atoms with Gasteiger partial charge in [0.15, 0.2) is 0 Å².